The van der Waals surface area contributed by atoms with Crippen molar-refractivity contribution in [1.82, 2.24) is 4.90 Å². The Labute approximate surface area is 82.9 Å². The Morgan fingerprint density at radius 3 is 2.43 bits per heavy atom. The summed E-state index contributed by atoms with van der Waals surface area (Å²) in [5.41, 5.74) is 0.0534. The average Bonchev–Trinajstić information content (AvgIpc) is 2.85. The molecule has 1 spiro atoms. The molecule has 2 aliphatic rings. The second-order valence-corrected chi connectivity index (χ2v) is 4.43. The highest BCUT2D eigenvalue weighted by molar-refractivity contribution is 5.77. The summed E-state index contributed by atoms with van der Waals surface area (Å²) in [5.74, 6) is -1.11. The van der Waals surface area contributed by atoms with Gasteiger partial charge in [-0.15, -0.1) is 0 Å². The molecule has 0 aromatic heterocycles. The van der Waals surface area contributed by atoms with Crippen LogP contribution in [-0.2, 0) is 9.59 Å². The first-order valence-electron chi connectivity index (χ1n) is 5.06. The zero-order valence-corrected chi connectivity index (χ0v) is 8.32. The molecule has 1 unspecified atom stereocenters. The molecule has 1 atom stereocenters. The highest BCUT2D eigenvalue weighted by Gasteiger charge is 2.52. The number of carboxylic acids is 1. The van der Waals surface area contributed by atoms with E-state index in [-0.39, 0.29) is 17.4 Å². The van der Waals surface area contributed by atoms with Crippen LogP contribution in [0.3, 0.4) is 0 Å². The summed E-state index contributed by atoms with van der Waals surface area (Å²) in [7, 11) is 0. The van der Waals surface area contributed by atoms with Gasteiger partial charge in [0, 0.05) is 19.0 Å². The quantitative estimate of drug-likeness (QED) is 0.678. The van der Waals surface area contributed by atoms with Crippen molar-refractivity contribution in [3.8, 4) is 0 Å². The van der Waals surface area contributed by atoms with Crippen LogP contribution in [0.2, 0.25) is 0 Å². The number of carbonyl (C=O) groups is 2. The SMILES string of the molecule is CC(=O)N1CC(C(=O)O)CCC12CC2. The second kappa shape index (κ2) is 2.97. The van der Waals surface area contributed by atoms with Crippen LogP contribution in [0.25, 0.3) is 0 Å². The largest absolute Gasteiger partial charge is 0.481 e. The zero-order valence-electron chi connectivity index (χ0n) is 8.32. The Bertz CT molecular complexity index is 283. The fraction of sp³-hybridized carbons (Fsp3) is 0.800. The minimum atomic E-state index is -0.772. The molecule has 0 bridgehead atoms. The summed E-state index contributed by atoms with van der Waals surface area (Å²) in [4.78, 5) is 23.9. The van der Waals surface area contributed by atoms with Crippen LogP contribution < -0.4 is 0 Å². The molecular weight excluding hydrogens is 182 g/mol. The molecule has 1 N–H and O–H groups in total. The molecule has 1 aliphatic heterocycles. The van der Waals surface area contributed by atoms with E-state index in [4.69, 9.17) is 5.11 Å². The first kappa shape index (κ1) is 9.49. The van der Waals surface area contributed by atoms with Crippen LogP contribution in [0.4, 0.5) is 0 Å². The predicted molar refractivity (Wildman–Crippen MR) is 49.7 cm³/mol. The Morgan fingerprint density at radius 2 is 2.00 bits per heavy atom. The van der Waals surface area contributed by atoms with Gasteiger partial charge >= 0.3 is 5.97 Å². The van der Waals surface area contributed by atoms with Crippen LogP contribution in [0.1, 0.15) is 32.6 Å². The third kappa shape index (κ3) is 1.38. The second-order valence-electron chi connectivity index (χ2n) is 4.43. The molecule has 0 aromatic carbocycles. The molecule has 1 aliphatic carbocycles. The van der Waals surface area contributed by atoms with E-state index in [1.165, 1.54) is 6.92 Å². The van der Waals surface area contributed by atoms with Crippen molar-refractivity contribution in [2.75, 3.05) is 6.54 Å². The highest BCUT2D eigenvalue weighted by Crippen LogP contribution is 2.49. The predicted octanol–water partition coefficient (Wildman–Crippen LogP) is 0.862. The van der Waals surface area contributed by atoms with Gasteiger partial charge in [0.15, 0.2) is 0 Å². The number of aliphatic carboxylic acids is 1. The van der Waals surface area contributed by atoms with Crippen LogP contribution in [-0.4, -0.2) is 34.0 Å². The number of piperidine rings is 1. The Hall–Kier alpha value is -1.06. The normalized spacial score (nSPS) is 28.9. The number of carbonyl (C=O) groups excluding carboxylic acids is 1. The molecular formula is C10H15NO3. The van der Waals surface area contributed by atoms with Gasteiger partial charge in [0.1, 0.15) is 0 Å². The molecule has 1 heterocycles. The van der Waals surface area contributed by atoms with Gasteiger partial charge in [0.05, 0.1) is 5.92 Å². The summed E-state index contributed by atoms with van der Waals surface area (Å²) in [6, 6.07) is 0. The highest BCUT2D eigenvalue weighted by atomic mass is 16.4. The Kier molecular flexibility index (Phi) is 2.01. The molecule has 2 rings (SSSR count). The third-order valence-electron chi connectivity index (χ3n) is 3.49. The molecule has 2 fully saturated rings. The fourth-order valence-electron chi connectivity index (χ4n) is 2.41. The van der Waals surface area contributed by atoms with E-state index in [1.54, 1.807) is 4.90 Å². The number of nitrogens with zero attached hydrogens (tertiary/aromatic N) is 1. The molecule has 4 nitrogen and oxygen atoms in total. The fourth-order valence-corrected chi connectivity index (χ4v) is 2.41. The maximum atomic E-state index is 11.4. The van der Waals surface area contributed by atoms with Crippen molar-refractivity contribution in [2.45, 2.75) is 38.1 Å². The summed E-state index contributed by atoms with van der Waals surface area (Å²) in [6.07, 6.45) is 3.69. The smallest absolute Gasteiger partial charge is 0.308 e. The van der Waals surface area contributed by atoms with Gasteiger partial charge < -0.3 is 10.0 Å². The number of rotatable bonds is 1. The topological polar surface area (TPSA) is 57.6 Å². The number of likely N-dealkylation sites (tertiary alicyclic amines) is 1. The van der Waals surface area contributed by atoms with E-state index in [0.717, 1.165) is 25.7 Å². The minimum absolute atomic E-state index is 0.0217. The summed E-state index contributed by atoms with van der Waals surface area (Å²) in [6.45, 7) is 1.94. The maximum absolute atomic E-state index is 11.4. The monoisotopic (exact) mass is 197 g/mol. The molecule has 1 amide bonds. The van der Waals surface area contributed by atoms with Crippen LogP contribution in [0.15, 0.2) is 0 Å². The van der Waals surface area contributed by atoms with Gasteiger partial charge in [0.25, 0.3) is 0 Å². The first-order chi connectivity index (χ1) is 6.55. The third-order valence-corrected chi connectivity index (χ3v) is 3.49. The van der Waals surface area contributed by atoms with Gasteiger partial charge in [-0.1, -0.05) is 0 Å². The number of carboxylic acid groups (broad SMARTS) is 1. The first-order valence-corrected chi connectivity index (χ1v) is 5.06. The molecule has 14 heavy (non-hydrogen) atoms. The lowest BCUT2D eigenvalue weighted by molar-refractivity contribution is -0.147. The molecule has 1 saturated heterocycles. The lowest BCUT2D eigenvalue weighted by Crippen LogP contribution is -2.49. The van der Waals surface area contributed by atoms with E-state index in [2.05, 4.69) is 0 Å². The van der Waals surface area contributed by atoms with E-state index < -0.39 is 5.97 Å². The van der Waals surface area contributed by atoms with Crippen molar-refractivity contribution in [3.05, 3.63) is 0 Å². The van der Waals surface area contributed by atoms with Gasteiger partial charge in [-0.3, -0.25) is 9.59 Å². The summed E-state index contributed by atoms with van der Waals surface area (Å²) < 4.78 is 0. The minimum Gasteiger partial charge on any atom is -0.481 e. The van der Waals surface area contributed by atoms with E-state index in [1.807, 2.05) is 0 Å². The Balaban J connectivity index is 2.10. The maximum Gasteiger partial charge on any atom is 0.308 e. The lowest BCUT2D eigenvalue weighted by atomic mass is 9.91. The molecule has 1 saturated carbocycles. The standard InChI is InChI=1S/C10H15NO3/c1-7(12)11-6-8(9(13)14)2-3-10(11)4-5-10/h8H,2-6H2,1H3,(H,13,14). The molecule has 0 radical (unpaired) electrons. The van der Waals surface area contributed by atoms with Gasteiger partial charge in [-0.2, -0.15) is 0 Å². The van der Waals surface area contributed by atoms with Crippen LogP contribution >= 0.6 is 0 Å². The van der Waals surface area contributed by atoms with Crippen LogP contribution in [0.5, 0.6) is 0 Å². The molecule has 0 aromatic rings. The number of hydrogen-bond acceptors (Lipinski definition) is 2. The lowest BCUT2D eigenvalue weighted by Gasteiger charge is -2.38. The van der Waals surface area contributed by atoms with Gasteiger partial charge in [-0.25, -0.2) is 0 Å². The average molecular weight is 197 g/mol. The van der Waals surface area contributed by atoms with Gasteiger partial charge in [0.2, 0.25) is 5.91 Å². The van der Waals surface area contributed by atoms with Crippen molar-refractivity contribution in [1.29, 1.82) is 0 Å². The van der Waals surface area contributed by atoms with Crippen molar-refractivity contribution >= 4 is 11.9 Å². The Morgan fingerprint density at radius 1 is 1.36 bits per heavy atom. The van der Waals surface area contributed by atoms with Crippen molar-refractivity contribution in [3.63, 3.8) is 0 Å². The van der Waals surface area contributed by atoms with E-state index in [0.29, 0.717) is 6.54 Å². The van der Waals surface area contributed by atoms with E-state index in [9.17, 15) is 9.59 Å². The van der Waals surface area contributed by atoms with Gasteiger partial charge in [-0.05, 0) is 25.7 Å². The zero-order chi connectivity index (χ0) is 10.3. The summed E-state index contributed by atoms with van der Waals surface area (Å²) in [5, 5.41) is 8.89. The van der Waals surface area contributed by atoms with Crippen molar-refractivity contribution < 1.29 is 14.7 Å². The van der Waals surface area contributed by atoms with Crippen molar-refractivity contribution in [2.24, 2.45) is 5.92 Å². The molecule has 78 valence electrons. The van der Waals surface area contributed by atoms with Crippen LogP contribution in [0, 0.1) is 5.92 Å². The number of hydrogen-bond donors (Lipinski definition) is 1. The summed E-state index contributed by atoms with van der Waals surface area (Å²) >= 11 is 0. The van der Waals surface area contributed by atoms with E-state index >= 15 is 0 Å². The number of amides is 1. The molecule has 4 heteroatoms.